The van der Waals surface area contributed by atoms with Gasteiger partial charge in [-0.3, -0.25) is 9.69 Å². The number of hydrogen-bond acceptors (Lipinski definition) is 3. The number of hydrogen-bond donors (Lipinski definition) is 2. The van der Waals surface area contributed by atoms with Crippen molar-refractivity contribution >= 4 is 34.6 Å². The number of thiophene rings is 1. The van der Waals surface area contributed by atoms with E-state index in [4.69, 9.17) is 0 Å². The molecule has 1 fully saturated rings. The molecule has 1 aromatic heterocycles. The SMILES string of the molecule is Cc1ccc(CC(=O)Nc2ccc(N3CCNC3=O)cc2)s1. The summed E-state index contributed by atoms with van der Waals surface area (Å²) in [6.45, 7) is 3.36. The van der Waals surface area contributed by atoms with Crippen LogP contribution in [0.2, 0.25) is 0 Å². The van der Waals surface area contributed by atoms with Crippen LogP contribution in [0.3, 0.4) is 0 Å². The second-order valence-electron chi connectivity index (χ2n) is 5.17. The van der Waals surface area contributed by atoms with Crippen LogP contribution in [0.1, 0.15) is 9.75 Å². The molecular formula is C16H17N3O2S. The maximum absolute atomic E-state index is 12.0. The van der Waals surface area contributed by atoms with Crippen molar-refractivity contribution < 1.29 is 9.59 Å². The molecule has 114 valence electrons. The van der Waals surface area contributed by atoms with Crippen LogP contribution in [-0.4, -0.2) is 25.0 Å². The Morgan fingerprint density at radius 1 is 1.27 bits per heavy atom. The highest BCUT2D eigenvalue weighted by atomic mass is 32.1. The summed E-state index contributed by atoms with van der Waals surface area (Å²) < 4.78 is 0. The Bertz CT molecular complexity index is 694. The number of rotatable bonds is 4. The molecule has 1 aliphatic heterocycles. The lowest BCUT2D eigenvalue weighted by Gasteiger charge is -2.14. The van der Waals surface area contributed by atoms with Gasteiger partial charge in [0.05, 0.1) is 6.42 Å². The zero-order valence-electron chi connectivity index (χ0n) is 12.3. The van der Waals surface area contributed by atoms with Gasteiger partial charge in [0.1, 0.15) is 0 Å². The minimum absolute atomic E-state index is 0.0338. The van der Waals surface area contributed by atoms with Gasteiger partial charge in [-0.1, -0.05) is 0 Å². The molecule has 2 heterocycles. The highest BCUT2D eigenvalue weighted by Gasteiger charge is 2.20. The van der Waals surface area contributed by atoms with Gasteiger partial charge in [0.15, 0.2) is 0 Å². The van der Waals surface area contributed by atoms with Gasteiger partial charge in [0.2, 0.25) is 5.91 Å². The van der Waals surface area contributed by atoms with Gasteiger partial charge in [-0.2, -0.15) is 0 Å². The molecule has 0 radical (unpaired) electrons. The summed E-state index contributed by atoms with van der Waals surface area (Å²) in [6, 6.07) is 11.2. The number of carbonyl (C=O) groups excluding carboxylic acids is 2. The maximum atomic E-state index is 12.0. The van der Waals surface area contributed by atoms with Gasteiger partial charge < -0.3 is 10.6 Å². The minimum atomic E-state index is -0.0788. The average molecular weight is 315 g/mol. The molecule has 2 aromatic rings. The number of aryl methyl sites for hydroxylation is 1. The summed E-state index contributed by atoms with van der Waals surface area (Å²) in [7, 11) is 0. The van der Waals surface area contributed by atoms with E-state index in [0.29, 0.717) is 19.5 Å². The van der Waals surface area contributed by atoms with E-state index in [1.807, 2.05) is 43.3 Å². The normalized spacial score (nSPS) is 14.0. The molecule has 1 aromatic carbocycles. The number of nitrogens with one attached hydrogen (secondary N) is 2. The summed E-state index contributed by atoms with van der Waals surface area (Å²) >= 11 is 1.63. The average Bonchev–Trinajstić information content (AvgIpc) is 3.08. The van der Waals surface area contributed by atoms with E-state index in [9.17, 15) is 9.59 Å². The van der Waals surface area contributed by atoms with Crippen molar-refractivity contribution in [3.63, 3.8) is 0 Å². The molecule has 6 heteroatoms. The molecular weight excluding hydrogens is 298 g/mol. The standard InChI is InChI=1S/C16H17N3O2S/c1-11-2-7-14(22-11)10-15(20)18-12-3-5-13(6-4-12)19-9-8-17-16(19)21/h2-7H,8-10H2,1H3,(H,17,21)(H,18,20). The highest BCUT2D eigenvalue weighted by Crippen LogP contribution is 2.20. The molecule has 0 bridgehead atoms. The molecule has 2 N–H and O–H groups in total. The molecule has 3 amide bonds. The first-order valence-electron chi connectivity index (χ1n) is 7.12. The summed E-state index contributed by atoms with van der Waals surface area (Å²) in [4.78, 5) is 27.5. The Balaban J connectivity index is 1.61. The second kappa shape index (κ2) is 6.19. The minimum Gasteiger partial charge on any atom is -0.336 e. The first-order chi connectivity index (χ1) is 10.6. The molecule has 0 aliphatic carbocycles. The molecule has 0 unspecified atom stereocenters. The number of anilines is 2. The largest absolute Gasteiger partial charge is 0.336 e. The van der Waals surface area contributed by atoms with Crippen LogP contribution in [0, 0.1) is 6.92 Å². The van der Waals surface area contributed by atoms with Crippen LogP contribution in [0.25, 0.3) is 0 Å². The molecule has 0 saturated carbocycles. The second-order valence-corrected chi connectivity index (χ2v) is 6.54. The van der Waals surface area contributed by atoms with E-state index >= 15 is 0 Å². The lowest BCUT2D eigenvalue weighted by molar-refractivity contribution is -0.115. The molecule has 5 nitrogen and oxygen atoms in total. The third-order valence-corrected chi connectivity index (χ3v) is 4.45. The lowest BCUT2D eigenvalue weighted by Crippen LogP contribution is -2.27. The van der Waals surface area contributed by atoms with Gasteiger partial charge >= 0.3 is 6.03 Å². The monoisotopic (exact) mass is 315 g/mol. The number of amides is 3. The molecule has 0 spiro atoms. The van der Waals surface area contributed by atoms with Gasteiger partial charge in [0, 0.05) is 34.2 Å². The maximum Gasteiger partial charge on any atom is 0.321 e. The van der Waals surface area contributed by atoms with Gasteiger partial charge in [0.25, 0.3) is 0 Å². The van der Waals surface area contributed by atoms with Crippen LogP contribution in [0.15, 0.2) is 36.4 Å². The van der Waals surface area contributed by atoms with Crippen LogP contribution in [-0.2, 0) is 11.2 Å². The van der Waals surface area contributed by atoms with Crippen molar-refractivity contribution in [2.75, 3.05) is 23.3 Å². The van der Waals surface area contributed by atoms with Crippen LogP contribution in [0.4, 0.5) is 16.2 Å². The first-order valence-corrected chi connectivity index (χ1v) is 7.94. The summed E-state index contributed by atoms with van der Waals surface area (Å²) in [5.74, 6) is -0.0338. The zero-order chi connectivity index (χ0) is 15.5. The predicted molar refractivity (Wildman–Crippen MR) is 88.6 cm³/mol. The predicted octanol–water partition coefficient (Wildman–Crippen LogP) is 2.77. The first kappa shape index (κ1) is 14.6. The van der Waals surface area contributed by atoms with Gasteiger partial charge in [-0.25, -0.2) is 4.79 Å². The number of urea groups is 1. The number of carbonyl (C=O) groups is 2. The van der Waals surface area contributed by atoms with E-state index < -0.39 is 0 Å². The van der Waals surface area contributed by atoms with Gasteiger partial charge in [-0.05, 0) is 43.3 Å². The molecule has 22 heavy (non-hydrogen) atoms. The third kappa shape index (κ3) is 3.28. The van der Waals surface area contributed by atoms with E-state index in [-0.39, 0.29) is 11.9 Å². The summed E-state index contributed by atoms with van der Waals surface area (Å²) in [5.41, 5.74) is 1.57. The third-order valence-electron chi connectivity index (χ3n) is 3.45. The summed E-state index contributed by atoms with van der Waals surface area (Å²) in [5, 5.41) is 5.64. The van der Waals surface area contributed by atoms with Crippen molar-refractivity contribution in [2.45, 2.75) is 13.3 Å². The highest BCUT2D eigenvalue weighted by molar-refractivity contribution is 7.12. The van der Waals surface area contributed by atoms with E-state index in [0.717, 1.165) is 16.3 Å². The molecule has 3 rings (SSSR count). The fourth-order valence-corrected chi connectivity index (χ4v) is 3.28. The molecule has 1 saturated heterocycles. The Kier molecular flexibility index (Phi) is 4.11. The number of benzene rings is 1. The fraction of sp³-hybridized carbons (Fsp3) is 0.250. The fourth-order valence-electron chi connectivity index (χ4n) is 2.39. The Hall–Kier alpha value is -2.34. The zero-order valence-corrected chi connectivity index (χ0v) is 13.1. The topological polar surface area (TPSA) is 61.4 Å². The Morgan fingerprint density at radius 3 is 2.64 bits per heavy atom. The Morgan fingerprint density at radius 2 is 2.05 bits per heavy atom. The van der Waals surface area contributed by atoms with Crippen molar-refractivity contribution in [1.29, 1.82) is 0 Å². The molecule has 0 atom stereocenters. The van der Waals surface area contributed by atoms with Crippen LogP contribution < -0.4 is 15.5 Å². The lowest BCUT2D eigenvalue weighted by atomic mass is 10.2. The van der Waals surface area contributed by atoms with Crippen LogP contribution in [0.5, 0.6) is 0 Å². The summed E-state index contributed by atoms with van der Waals surface area (Å²) in [6.07, 6.45) is 0.384. The van der Waals surface area contributed by atoms with Crippen molar-refractivity contribution in [3.8, 4) is 0 Å². The van der Waals surface area contributed by atoms with E-state index in [1.54, 1.807) is 16.2 Å². The Labute approximate surface area is 132 Å². The van der Waals surface area contributed by atoms with E-state index in [1.165, 1.54) is 4.88 Å². The van der Waals surface area contributed by atoms with Crippen LogP contribution >= 0.6 is 11.3 Å². The smallest absolute Gasteiger partial charge is 0.321 e. The van der Waals surface area contributed by atoms with Gasteiger partial charge in [-0.15, -0.1) is 11.3 Å². The quantitative estimate of drug-likeness (QED) is 0.911. The molecule has 1 aliphatic rings. The number of nitrogens with zero attached hydrogens (tertiary/aromatic N) is 1. The van der Waals surface area contributed by atoms with Crippen molar-refractivity contribution in [3.05, 3.63) is 46.2 Å². The van der Waals surface area contributed by atoms with Crippen molar-refractivity contribution in [1.82, 2.24) is 5.32 Å². The van der Waals surface area contributed by atoms with E-state index in [2.05, 4.69) is 10.6 Å². The van der Waals surface area contributed by atoms with Crippen molar-refractivity contribution in [2.24, 2.45) is 0 Å².